The molecule has 0 saturated carbocycles. The number of hydrogen-bond donors (Lipinski definition) is 1. The van der Waals surface area contributed by atoms with Crippen molar-refractivity contribution < 1.29 is 49.4 Å². The van der Waals surface area contributed by atoms with Crippen molar-refractivity contribution in [3.05, 3.63) is 70.8 Å². The van der Waals surface area contributed by atoms with Crippen molar-refractivity contribution in [2.24, 2.45) is 0 Å². The zero-order valence-corrected chi connectivity index (χ0v) is 19.0. The maximum Gasteiger partial charge on any atom is 0.417 e. The minimum Gasteiger partial charge on any atom is -0.481 e. The highest BCUT2D eigenvalue weighted by molar-refractivity contribution is 6.34. The Labute approximate surface area is 207 Å². The van der Waals surface area contributed by atoms with Gasteiger partial charge >= 0.3 is 24.5 Å². The first-order valence-electron chi connectivity index (χ1n) is 11.2. The molecule has 0 bridgehead atoms. The second-order valence-electron chi connectivity index (χ2n) is 8.96. The molecule has 0 aromatic heterocycles. The van der Waals surface area contributed by atoms with Crippen molar-refractivity contribution >= 4 is 49.1 Å². The predicted molar refractivity (Wildman–Crippen MR) is 123 cm³/mol. The normalized spacial score (nSPS) is 13.4. The van der Waals surface area contributed by atoms with Crippen LogP contribution in [0.3, 0.4) is 0 Å². The quantitative estimate of drug-likeness (QED) is 0.140. The number of hydrogen-bond acceptors (Lipinski definition) is 1. The molecule has 198 valence electrons. The van der Waals surface area contributed by atoms with Gasteiger partial charge in [-0.25, -0.2) is 0 Å². The number of rotatable bonds is 4. The molecule has 0 amide bonds. The topological polar surface area (TPSA) is 37.3 Å². The molecule has 5 aromatic rings. The summed E-state index contributed by atoms with van der Waals surface area (Å²) in [6, 6.07) is 10.2. The van der Waals surface area contributed by atoms with E-state index in [2.05, 4.69) is 0 Å². The summed E-state index contributed by atoms with van der Waals surface area (Å²) >= 11 is 0. The SMILES string of the molecule is O=C(O)CCCc1c(C(F)(F)F)c(C(F)(F)F)c2c3cccc4cccc(c5ccc(C(F)(F)F)c1c52)c43. The van der Waals surface area contributed by atoms with Crippen LogP contribution in [0.25, 0.3) is 43.1 Å². The highest BCUT2D eigenvalue weighted by atomic mass is 19.4. The van der Waals surface area contributed by atoms with E-state index in [0.717, 1.165) is 6.07 Å². The van der Waals surface area contributed by atoms with Gasteiger partial charge in [0.2, 0.25) is 0 Å². The van der Waals surface area contributed by atoms with Gasteiger partial charge in [-0.2, -0.15) is 39.5 Å². The van der Waals surface area contributed by atoms with Crippen LogP contribution < -0.4 is 0 Å². The molecule has 2 nitrogen and oxygen atoms in total. The van der Waals surface area contributed by atoms with E-state index in [1.807, 2.05) is 0 Å². The van der Waals surface area contributed by atoms with Crippen LogP contribution in [0, 0.1) is 0 Å². The summed E-state index contributed by atoms with van der Waals surface area (Å²) in [5.74, 6) is -1.45. The lowest BCUT2D eigenvalue weighted by molar-refractivity contribution is -0.161. The number of carboxylic acids is 1. The Morgan fingerprint density at radius 2 is 1.21 bits per heavy atom. The third-order valence-electron chi connectivity index (χ3n) is 6.71. The fraction of sp³-hybridized carbons (Fsp3) is 0.222. The van der Waals surface area contributed by atoms with E-state index in [-0.39, 0.29) is 21.5 Å². The van der Waals surface area contributed by atoms with Gasteiger partial charge in [-0.3, -0.25) is 4.79 Å². The molecule has 5 rings (SSSR count). The molecule has 38 heavy (non-hydrogen) atoms. The molecule has 0 aliphatic heterocycles. The fourth-order valence-electron chi connectivity index (χ4n) is 5.47. The summed E-state index contributed by atoms with van der Waals surface area (Å²) in [6.07, 6.45) is -18.8. The molecule has 0 spiro atoms. The van der Waals surface area contributed by atoms with Gasteiger partial charge in [0.05, 0.1) is 16.7 Å². The number of benzene rings is 5. The number of alkyl halides is 9. The standard InChI is InChI=1S/C27H15F9O2/c28-25(29,30)17-11-10-14-13-6-1-4-12-5-2-7-15(19(12)13)22-21(14)20(17)16(8-3-9-18(37)38)23(26(31,32)33)24(22)27(34,35)36/h1-2,4-7,10-11H,3,8-9H2,(H,37,38). The number of fused-ring (bicyclic) bond motifs is 2. The van der Waals surface area contributed by atoms with Gasteiger partial charge in [-0.05, 0) is 62.2 Å². The molecule has 0 saturated heterocycles. The van der Waals surface area contributed by atoms with Crippen LogP contribution in [0.2, 0.25) is 0 Å². The van der Waals surface area contributed by atoms with E-state index in [1.165, 1.54) is 18.2 Å². The van der Waals surface area contributed by atoms with Crippen LogP contribution in [0.4, 0.5) is 39.5 Å². The molecule has 0 aliphatic carbocycles. The third kappa shape index (κ3) is 3.95. The van der Waals surface area contributed by atoms with Gasteiger partial charge in [0, 0.05) is 11.8 Å². The molecule has 0 atom stereocenters. The van der Waals surface area contributed by atoms with E-state index in [9.17, 15) is 44.3 Å². The van der Waals surface area contributed by atoms with Crippen molar-refractivity contribution in [3.63, 3.8) is 0 Å². The van der Waals surface area contributed by atoms with Crippen LogP contribution >= 0.6 is 0 Å². The Balaban J connectivity index is 2.18. The zero-order valence-electron chi connectivity index (χ0n) is 19.0. The van der Waals surface area contributed by atoms with Gasteiger partial charge in [-0.1, -0.05) is 42.5 Å². The van der Waals surface area contributed by atoms with Crippen molar-refractivity contribution in [2.45, 2.75) is 37.8 Å². The number of aliphatic carboxylic acids is 1. The second-order valence-corrected chi connectivity index (χ2v) is 8.96. The van der Waals surface area contributed by atoms with Gasteiger partial charge in [0.1, 0.15) is 0 Å². The summed E-state index contributed by atoms with van der Waals surface area (Å²) in [5, 5.41) is 6.97. The average molecular weight is 542 g/mol. The van der Waals surface area contributed by atoms with Gasteiger partial charge in [-0.15, -0.1) is 0 Å². The predicted octanol–water partition coefficient (Wildman–Crippen LogP) is 9.20. The molecule has 0 unspecified atom stereocenters. The Morgan fingerprint density at radius 3 is 1.76 bits per heavy atom. The second kappa shape index (κ2) is 8.37. The van der Waals surface area contributed by atoms with Crippen molar-refractivity contribution in [1.82, 2.24) is 0 Å². The number of carbonyl (C=O) groups is 1. The maximum atomic E-state index is 14.6. The van der Waals surface area contributed by atoms with Gasteiger partial charge < -0.3 is 5.11 Å². The fourth-order valence-corrected chi connectivity index (χ4v) is 5.47. The van der Waals surface area contributed by atoms with Gasteiger partial charge in [0.15, 0.2) is 0 Å². The first kappa shape index (κ1) is 25.9. The molecule has 0 radical (unpaired) electrons. The third-order valence-corrected chi connectivity index (χ3v) is 6.71. The molecule has 0 aliphatic rings. The Hall–Kier alpha value is -3.76. The number of halogens is 9. The van der Waals surface area contributed by atoms with Crippen LogP contribution in [-0.4, -0.2) is 11.1 Å². The molecule has 0 heterocycles. The molecule has 5 aromatic carbocycles. The van der Waals surface area contributed by atoms with E-state index < -0.39 is 82.2 Å². The summed E-state index contributed by atoms with van der Waals surface area (Å²) in [5.41, 5.74) is -7.04. The lowest BCUT2D eigenvalue weighted by Gasteiger charge is -2.27. The molecular formula is C27H15F9O2. The first-order chi connectivity index (χ1) is 17.6. The summed E-state index contributed by atoms with van der Waals surface area (Å²) in [6.45, 7) is 0. The molecular weight excluding hydrogens is 527 g/mol. The van der Waals surface area contributed by atoms with Crippen LogP contribution in [0.5, 0.6) is 0 Å². The van der Waals surface area contributed by atoms with Crippen molar-refractivity contribution in [2.75, 3.05) is 0 Å². The number of aryl methyl sites for hydroxylation is 1. The molecule has 1 N–H and O–H groups in total. The van der Waals surface area contributed by atoms with Crippen molar-refractivity contribution in [1.29, 1.82) is 0 Å². The lowest BCUT2D eigenvalue weighted by atomic mass is 9.80. The van der Waals surface area contributed by atoms with Gasteiger partial charge in [0.25, 0.3) is 0 Å². The minimum atomic E-state index is -5.70. The summed E-state index contributed by atoms with van der Waals surface area (Å²) in [4.78, 5) is 11.0. The van der Waals surface area contributed by atoms with E-state index in [4.69, 9.17) is 5.11 Å². The molecule has 11 heteroatoms. The lowest BCUT2D eigenvalue weighted by Crippen LogP contribution is -2.22. The smallest absolute Gasteiger partial charge is 0.417 e. The maximum absolute atomic E-state index is 14.6. The van der Waals surface area contributed by atoms with Crippen LogP contribution in [0.1, 0.15) is 35.1 Å². The highest BCUT2D eigenvalue weighted by Crippen LogP contribution is 2.54. The minimum absolute atomic E-state index is 0.0639. The Kier molecular flexibility index (Phi) is 5.70. The first-order valence-corrected chi connectivity index (χ1v) is 11.2. The van der Waals surface area contributed by atoms with Crippen LogP contribution in [0.15, 0.2) is 48.5 Å². The monoisotopic (exact) mass is 542 g/mol. The summed E-state index contributed by atoms with van der Waals surface area (Å²) < 4.78 is 130. The Morgan fingerprint density at radius 1 is 0.632 bits per heavy atom. The summed E-state index contributed by atoms with van der Waals surface area (Å²) in [7, 11) is 0. The highest BCUT2D eigenvalue weighted by Gasteiger charge is 2.48. The van der Waals surface area contributed by atoms with Crippen LogP contribution in [-0.2, 0) is 29.7 Å². The largest absolute Gasteiger partial charge is 0.481 e. The van der Waals surface area contributed by atoms with Crippen molar-refractivity contribution in [3.8, 4) is 0 Å². The molecule has 0 fully saturated rings. The average Bonchev–Trinajstić information content (AvgIpc) is 2.79. The van der Waals surface area contributed by atoms with E-state index >= 15 is 0 Å². The number of carboxylic acid groups (broad SMARTS) is 1. The van der Waals surface area contributed by atoms with E-state index in [1.54, 1.807) is 18.2 Å². The van der Waals surface area contributed by atoms with E-state index in [0.29, 0.717) is 11.5 Å². The Bertz CT molecular complexity index is 1720. The zero-order chi connectivity index (χ0) is 27.8.